The molecule has 1 aromatic rings. The van der Waals surface area contributed by atoms with Crippen LogP contribution in [0.15, 0.2) is 18.2 Å². The van der Waals surface area contributed by atoms with Crippen molar-refractivity contribution in [3.8, 4) is 0 Å². The Morgan fingerprint density at radius 2 is 2.00 bits per heavy atom. The van der Waals surface area contributed by atoms with Gasteiger partial charge in [0.15, 0.2) is 0 Å². The van der Waals surface area contributed by atoms with Crippen LogP contribution in [0.1, 0.15) is 32.8 Å². The molecule has 0 saturated carbocycles. The number of carbonyl (C=O) groups is 2. The van der Waals surface area contributed by atoms with Crippen LogP contribution in [-0.2, 0) is 15.0 Å². The van der Waals surface area contributed by atoms with E-state index in [4.69, 9.17) is 5.11 Å². The van der Waals surface area contributed by atoms with Crippen molar-refractivity contribution in [2.45, 2.75) is 32.6 Å². The third kappa shape index (κ3) is 3.78. The summed E-state index contributed by atoms with van der Waals surface area (Å²) in [5.41, 5.74) is -0.375. The Hall–Kier alpha value is -2.44. The van der Waals surface area contributed by atoms with E-state index in [1.54, 1.807) is 19.9 Å². The fourth-order valence-corrected chi connectivity index (χ4v) is 1.88. The highest BCUT2D eigenvalue weighted by atomic mass is 16.6. The number of nitrogens with zero attached hydrogens (tertiary/aromatic N) is 1. The lowest BCUT2D eigenvalue weighted by Crippen LogP contribution is -2.22. The molecule has 0 fully saturated rings. The van der Waals surface area contributed by atoms with Crippen molar-refractivity contribution < 1.29 is 19.6 Å². The molecule has 7 heteroatoms. The maximum Gasteiger partial charge on any atom is 0.304 e. The highest BCUT2D eigenvalue weighted by molar-refractivity contribution is 5.91. The van der Waals surface area contributed by atoms with Gasteiger partial charge in [0.1, 0.15) is 5.69 Å². The molecule has 0 atom stereocenters. The normalized spacial score (nSPS) is 10.9. The summed E-state index contributed by atoms with van der Waals surface area (Å²) in [5, 5.41) is 22.3. The first-order valence-electron chi connectivity index (χ1n) is 5.92. The van der Waals surface area contributed by atoms with Crippen LogP contribution >= 0.6 is 0 Å². The fraction of sp³-hybridized carbons (Fsp3) is 0.385. The molecule has 0 spiro atoms. The minimum absolute atomic E-state index is 0.0948. The van der Waals surface area contributed by atoms with E-state index in [-0.39, 0.29) is 17.8 Å². The number of hydrogen-bond donors (Lipinski definition) is 2. The highest BCUT2D eigenvalue weighted by Crippen LogP contribution is 2.33. The Morgan fingerprint density at radius 1 is 1.40 bits per heavy atom. The first-order valence-corrected chi connectivity index (χ1v) is 5.92. The number of hydrogen-bond acceptors (Lipinski definition) is 4. The van der Waals surface area contributed by atoms with Gasteiger partial charge < -0.3 is 10.4 Å². The van der Waals surface area contributed by atoms with E-state index in [0.29, 0.717) is 5.56 Å². The van der Waals surface area contributed by atoms with Gasteiger partial charge in [-0.1, -0.05) is 19.9 Å². The van der Waals surface area contributed by atoms with E-state index in [1.807, 2.05) is 0 Å². The average Bonchev–Trinajstić information content (AvgIpc) is 2.26. The molecular formula is C13H16N2O5. The van der Waals surface area contributed by atoms with Crippen molar-refractivity contribution >= 4 is 23.3 Å². The SMILES string of the molecule is CC(=O)Nc1ccc(C(C)(C)CC(=O)O)cc1[N+](=O)[O-]. The second kappa shape index (κ2) is 5.68. The van der Waals surface area contributed by atoms with Gasteiger partial charge in [-0.2, -0.15) is 0 Å². The standard InChI is InChI=1S/C13H16N2O5/c1-8(16)14-10-5-4-9(6-11(10)15(19)20)13(2,3)7-12(17)18/h4-6H,7H2,1-3H3,(H,14,16)(H,17,18). The number of amides is 1. The first-order chi connectivity index (χ1) is 9.13. The lowest BCUT2D eigenvalue weighted by atomic mass is 9.81. The van der Waals surface area contributed by atoms with E-state index in [9.17, 15) is 19.7 Å². The summed E-state index contributed by atoms with van der Waals surface area (Å²) in [6.45, 7) is 4.64. The number of carboxylic acid groups (broad SMARTS) is 1. The van der Waals surface area contributed by atoms with E-state index in [1.165, 1.54) is 19.1 Å². The number of rotatable bonds is 5. The predicted molar refractivity (Wildman–Crippen MR) is 72.7 cm³/mol. The van der Waals surface area contributed by atoms with Crippen molar-refractivity contribution in [3.05, 3.63) is 33.9 Å². The fourth-order valence-electron chi connectivity index (χ4n) is 1.88. The third-order valence-electron chi connectivity index (χ3n) is 2.88. The number of benzene rings is 1. The van der Waals surface area contributed by atoms with Gasteiger partial charge in [0.2, 0.25) is 5.91 Å². The van der Waals surface area contributed by atoms with E-state index < -0.39 is 22.2 Å². The smallest absolute Gasteiger partial charge is 0.304 e. The first kappa shape index (κ1) is 15.6. The molecule has 0 saturated heterocycles. The molecule has 1 aromatic carbocycles. The molecule has 0 radical (unpaired) electrons. The minimum atomic E-state index is -0.983. The Kier molecular flexibility index (Phi) is 4.44. The van der Waals surface area contributed by atoms with Crippen LogP contribution in [-0.4, -0.2) is 21.9 Å². The topological polar surface area (TPSA) is 110 Å². The van der Waals surface area contributed by atoms with Gasteiger partial charge in [-0.15, -0.1) is 0 Å². The molecule has 1 rings (SSSR count). The summed E-state index contributed by atoms with van der Waals surface area (Å²) >= 11 is 0. The predicted octanol–water partition coefficient (Wildman–Crippen LogP) is 2.31. The lowest BCUT2D eigenvalue weighted by molar-refractivity contribution is -0.384. The molecule has 7 nitrogen and oxygen atoms in total. The highest BCUT2D eigenvalue weighted by Gasteiger charge is 2.27. The molecule has 0 aliphatic rings. The maximum atomic E-state index is 11.0. The average molecular weight is 280 g/mol. The summed E-state index contributed by atoms with van der Waals surface area (Å²) in [5.74, 6) is -1.39. The minimum Gasteiger partial charge on any atom is -0.481 e. The van der Waals surface area contributed by atoms with Gasteiger partial charge in [0.25, 0.3) is 5.69 Å². The molecule has 108 valence electrons. The van der Waals surface area contributed by atoms with Gasteiger partial charge in [0, 0.05) is 18.4 Å². The molecule has 0 bridgehead atoms. The second-order valence-electron chi connectivity index (χ2n) is 5.12. The molecule has 20 heavy (non-hydrogen) atoms. The van der Waals surface area contributed by atoms with Gasteiger partial charge in [0.05, 0.1) is 11.3 Å². The number of carbonyl (C=O) groups excluding carboxylic acids is 1. The van der Waals surface area contributed by atoms with E-state index >= 15 is 0 Å². The molecule has 0 heterocycles. The van der Waals surface area contributed by atoms with Crippen LogP contribution in [0.4, 0.5) is 11.4 Å². The number of nitro groups is 1. The zero-order valence-corrected chi connectivity index (χ0v) is 11.5. The van der Waals surface area contributed by atoms with Crippen molar-refractivity contribution in [2.24, 2.45) is 0 Å². The van der Waals surface area contributed by atoms with Crippen molar-refractivity contribution in [3.63, 3.8) is 0 Å². The number of nitrogens with one attached hydrogen (secondary N) is 1. The Balaban J connectivity index is 3.26. The summed E-state index contributed by atoms with van der Waals surface area (Å²) in [7, 11) is 0. The van der Waals surface area contributed by atoms with Gasteiger partial charge in [-0.05, 0) is 11.6 Å². The number of nitro benzene ring substituents is 1. The monoisotopic (exact) mass is 280 g/mol. The van der Waals surface area contributed by atoms with Crippen LogP contribution in [0.25, 0.3) is 0 Å². The Bertz CT molecular complexity index is 566. The molecule has 0 aliphatic carbocycles. The number of carboxylic acids is 1. The Labute approximate surface area is 115 Å². The maximum absolute atomic E-state index is 11.0. The van der Waals surface area contributed by atoms with Crippen LogP contribution in [0, 0.1) is 10.1 Å². The molecule has 0 aliphatic heterocycles. The summed E-state index contributed by atoms with van der Waals surface area (Å²) in [6.07, 6.45) is -0.149. The summed E-state index contributed by atoms with van der Waals surface area (Å²) in [4.78, 5) is 32.3. The van der Waals surface area contributed by atoms with Gasteiger partial charge in [-0.25, -0.2) is 0 Å². The van der Waals surface area contributed by atoms with Gasteiger partial charge >= 0.3 is 5.97 Å². The van der Waals surface area contributed by atoms with Crippen LogP contribution < -0.4 is 5.32 Å². The van der Waals surface area contributed by atoms with E-state index in [0.717, 1.165) is 0 Å². The summed E-state index contributed by atoms with van der Waals surface area (Å²) < 4.78 is 0. The number of aliphatic carboxylic acids is 1. The summed E-state index contributed by atoms with van der Waals surface area (Å²) in [6, 6.07) is 4.30. The third-order valence-corrected chi connectivity index (χ3v) is 2.88. The molecule has 1 amide bonds. The van der Waals surface area contributed by atoms with Gasteiger partial charge in [-0.3, -0.25) is 19.7 Å². The van der Waals surface area contributed by atoms with Crippen LogP contribution in [0.5, 0.6) is 0 Å². The van der Waals surface area contributed by atoms with Crippen molar-refractivity contribution in [2.75, 3.05) is 5.32 Å². The zero-order valence-electron chi connectivity index (χ0n) is 11.5. The molecule has 0 unspecified atom stereocenters. The van der Waals surface area contributed by atoms with Crippen LogP contribution in [0.3, 0.4) is 0 Å². The quantitative estimate of drug-likeness (QED) is 0.635. The number of anilines is 1. The van der Waals surface area contributed by atoms with E-state index in [2.05, 4.69) is 5.32 Å². The van der Waals surface area contributed by atoms with Crippen LogP contribution in [0.2, 0.25) is 0 Å². The Morgan fingerprint density at radius 3 is 2.45 bits per heavy atom. The molecule has 2 N–H and O–H groups in total. The lowest BCUT2D eigenvalue weighted by Gasteiger charge is -2.23. The zero-order chi connectivity index (χ0) is 15.5. The largest absolute Gasteiger partial charge is 0.481 e. The molecule has 0 aromatic heterocycles. The van der Waals surface area contributed by atoms with Crippen molar-refractivity contribution in [1.29, 1.82) is 0 Å². The second-order valence-corrected chi connectivity index (χ2v) is 5.12. The van der Waals surface area contributed by atoms with Crippen molar-refractivity contribution in [1.82, 2.24) is 0 Å². The molecular weight excluding hydrogens is 264 g/mol.